The minimum Gasteiger partial charge on any atom is -0.497 e. The minimum absolute atomic E-state index is 0.157. The molecular formula is C42H58F2N6O9S. The van der Waals surface area contributed by atoms with Gasteiger partial charge in [-0.15, -0.1) is 0 Å². The van der Waals surface area contributed by atoms with E-state index in [1.165, 1.54) is 11.8 Å². The Labute approximate surface area is 349 Å². The van der Waals surface area contributed by atoms with Crippen LogP contribution in [0.4, 0.5) is 13.6 Å². The zero-order valence-corrected chi connectivity index (χ0v) is 36.0. The van der Waals surface area contributed by atoms with Gasteiger partial charge in [-0.2, -0.15) is 0 Å². The third-order valence-electron chi connectivity index (χ3n) is 13.4. The van der Waals surface area contributed by atoms with Gasteiger partial charge in [-0.25, -0.2) is 32.0 Å². The van der Waals surface area contributed by atoms with E-state index in [0.717, 1.165) is 38.5 Å². The molecule has 4 amide bonds. The molecular weight excluding hydrogens is 803 g/mol. The fourth-order valence-corrected chi connectivity index (χ4v) is 10.5. The molecule has 0 unspecified atom stereocenters. The number of fused-ring (bicyclic) bond motifs is 5. The smallest absolute Gasteiger partial charge is 0.408 e. The summed E-state index contributed by atoms with van der Waals surface area (Å²) < 4.78 is 72.9. The maximum Gasteiger partial charge on any atom is 0.408 e. The Bertz CT molecular complexity index is 2110. The largest absolute Gasteiger partial charge is 0.497 e. The number of hydrogen-bond donors (Lipinski definition) is 3. The molecule has 2 aromatic rings. The first kappa shape index (κ1) is 43.7. The molecule has 330 valence electrons. The van der Waals surface area contributed by atoms with Crippen LogP contribution in [-0.2, 0) is 35.6 Å². The average Bonchev–Trinajstić information content (AvgIpc) is 4.00. The summed E-state index contributed by atoms with van der Waals surface area (Å²) in [5, 5.41) is 5.47. The third-order valence-corrected chi connectivity index (χ3v) is 15.5. The number of carbonyl (C=O) groups is 4. The van der Waals surface area contributed by atoms with Crippen LogP contribution >= 0.6 is 0 Å². The number of sulfonamides is 1. The maximum atomic E-state index is 14.9. The number of rotatable bonds is 8. The predicted octanol–water partition coefficient (Wildman–Crippen LogP) is 5.19. The fourth-order valence-electron chi connectivity index (χ4n) is 9.15. The molecule has 8 atom stereocenters. The van der Waals surface area contributed by atoms with E-state index in [2.05, 4.69) is 15.4 Å². The molecule has 18 heteroatoms. The van der Waals surface area contributed by atoms with Gasteiger partial charge in [0.25, 0.3) is 5.91 Å². The highest BCUT2D eigenvalue weighted by Crippen LogP contribution is 2.49. The van der Waals surface area contributed by atoms with Gasteiger partial charge in [-0.1, -0.05) is 40.5 Å². The number of carbonyl (C=O) groups excluding carboxylic acids is 4. The first-order valence-electron chi connectivity index (χ1n) is 21.2. The van der Waals surface area contributed by atoms with Gasteiger partial charge < -0.3 is 29.7 Å². The van der Waals surface area contributed by atoms with Crippen molar-refractivity contribution < 1.29 is 50.6 Å². The molecule has 3 saturated carbocycles. The summed E-state index contributed by atoms with van der Waals surface area (Å²) in [5.41, 5.74) is -1.12. The first-order valence-corrected chi connectivity index (χ1v) is 22.7. The van der Waals surface area contributed by atoms with Crippen molar-refractivity contribution in [2.24, 2.45) is 23.2 Å². The van der Waals surface area contributed by atoms with E-state index >= 15 is 0 Å². The molecule has 1 aromatic carbocycles. The van der Waals surface area contributed by atoms with Crippen molar-refractivity contribution in [2.75, 3.05) is 13.7 Å². The highest BCUT2D eigenvalue weighted by Gasteiger charge is 2.65. The molecule has 7 rings (SSSR count). The average molecular weight is 861 g/mol. The minimum atomic E-state index is -4.19. The number of nitrogens with one attached hydrogen (secondary N) is 3. The van der Waals surface area contributed by atoms with Gasteiger partial charge in [-0.3, -0.25) is 19.1 Å². The van der Waals surface area contributed by atoms with Crippen molar-refractivity contribution in [1.82, 2.24) is 30.2 Å². The second-order valence-corrected chi connectivity index (χ2v) is 21.0. The second kappa shape index (κ2) is 16.5. The van der Waals surface area contributed by atoms with Crippen LogP contribution in [0.1, 0.15) is 111 Å². The van der Waals surface area contributed by atoms with E-state index in [0.29, 0.717) is 48.2 Å². The van der Waals surface area contributed by atoms with E-state index in [1.54, 1.807) is 46.9 Å². The zero-order chi connectivity index (χ0) is 43.4. The molecule has 0 spiro atoms. The molecule has 5 aliphatic rings. The summed E-state index contributed by atoms with van der Waals surface area (Å²) in [5.74, 6) is -3.48. The fraction of sp³-hybridized carbons (Fsp3) is 0.714. The molecule has 0 radical (unpaired) electrons. The van der Waals surface area contributed by atoms with Gasteiger partial charge in [0, 0.05) is 18.4 Å². The van der Waals surface area contributed by atoms with E-state index in [4.69, 9.17) is 24.2 Å². The SMILES string of the molecule is COc1ccc2nc3c(nc2c1)O[C@H]1CN(C(=O)[C@H](C(C)(C)C)NC(=O)O[C@@H]2CCC[C@H]2CCCCC3)[C@H](C(=O)N[C@]2(C(=O)NS(=O)(=O)C3(C)CC3)C[C@H]2CC(F)F)[C@@H]1C. The number of amides is 4. The number of methoxy groups -OCH3 is 1. The molecule has 3 heterocycles. The summed E-state index contributed by atoms with van der Waals surface area (Å²) in [6.07, 6.45) is 1.41. The van der Waals surface area contributed by atoms with E-state index in [-0.39, 0.29) is 30.9 Å². The molecule has 4 fully saturated rings. The van der Waals surface area contributed by atoms with Crippen LogP contribution in [0.15, 0.2) is 18.2 Å². The monoisotopic (exact) mass is 860 g/mol. The normalized spacial score (nSPS) is 30.8. The second-order valence-electron chi connectivity index (χ2n) is 18.8. The van der Waals surface area contributed by atoms with Gasteiger partial charge in [0.15, 0.2) is 0 Å². The topological polar surface area (TPSA) is 195 Å². The summed E-state index contributed by atoms with van der Waals surface area (Å²) >= 11 is 0. The zero-order valence-electron chi connectivity index (χ0n) is 35.2. The Morgan fingerprint density at radius 2 is 1.77 bits per heavy atom. The van der Waals surface area contributed by atoms with Gasteiger partial charge in [0.05, 0.1) is 29.4 Å². The molecule has 2 aliphatic heterocycles. The summed E-state index contributed by atoms with van der Waals surface area (Å²) in [7, 11) is -2.65. The molecule has 15 nitrogen and oxygen atoms in total. The molecule has 2 bridgehead atoms. The highest BCUT2D eigenvalue weighted by molar-refractivity contribution is 7.91. The first-order chi connectivity index (χ1) is 28.2. The van der Waals surface area contributed by atoms with Crippen LogP contribution in [-0.4, -0.2) is 102 Å². The molecule has 3 N–H and O–H groups in total. The Morgan fingerprint density at radius 3 is 2.45 bits per heavy atom. The predicted molar refractivity (Wildman–Crippen MR) is 216 cm³/mol. The number of aromatic nitrogens is 2. The quantitative estimate of drug-likeness (QED) is 0.316. The van der Waals surface area contributed by atoms with Gasteiger partial charge in [0.1, 0.15) is 41.3 Å². The van der Waals surface area contributed by atoms with Crippen molar-refractivity contribution in [3.05, 3.63) is 23.9 Å². The Hall–Kier alpha value is -4.35. The Kier molecular flexibility index (Phi) is 12.0. The van der Waals surface area contributed by atoms with Crippen LogP contribution < -0.4 is 24.8 Å². The van der Waals surface area contributed by atoms with Crippen molar-refractivity contribution in [3.8, 4) is 11.6 Å². The number of aryl methyl sites for hydroxylation is 1. The van der Waals surface area contributed by atoms with Crippen molar-refractivity contribution in [1.29, 1.82) is 0 Å². The number of hydrogen-bond acceptors (Lipinski definition) is 11. The van der Waals surface area contributed by atoms with Crippen molar-refractivity contribution >= 4 is 44.9 Å². The third kappa shape index (κ3) is 8.85. The highest BCUT2D eigenvalue weighted by atomic mass is 32.2. The number of alkyl halides is 2. The van der Waals surface area contributed by atoms with Crippen LogP contribution in [0.25, 0.3) is 11.0 Å². The number of nitrogens with zero attached hydrogens (tertiary/aromatic N) is 3. The summed E-state index contributed by atoms with van der Waals surface area (Å²) in [6, 6.07) is 2.80. The lowest BCUT2D eigenvalue weighted by Crippen LogP contribution is -2.61. The lowest BCUT2D eigenvalue weighted by Gasteiger charge is -2.36. The van der Waals surface area contributed by atoms with Crippen molar-refractivity contribution in [3.63, 3.8) is 0 Å². The number of benzene rings is 1. The summed E-state index contributed by atoms with van der Waals surface area (Å²) in [4.78, 5) is 68.2. The van der Waals surface area contributed by atoms with E-state index < -0.39 is 92.4 Å². The standard InChI is InChI=1S/C42H58F2N6O9S/c1-23-31-22-50(33(23)35(51)48-42(21-25(42)19-32(43)44)38(53)49-60(55,56)41(5)17-18-41)37(52)34(40(2,3)4)47-39(54)59-30-14-10-12-24(30)11-8-7-9-13-28-36(58-31)46-29-20-26(57-6)15-16-27(29)45-28/h15-16,20,23-25,30-34H,7-14,17-19,21-22H2,1-6H3,(H,47,54)(H,48,51)(H,49,53)/t23-,24-,25-,30-,31+,33+,34-,42-/m1/s1. The molecule has 1 aromatic heterocycles. The molecule has 1 saturated heterocycles. The lowest BCUT2D eigenvalue weighted by atomic mass is 9.85. The number of ether oxygens (including phenoxy) is 3. The van der Waals surface area contributed by atoms with E-state index in [1.807, 2.05) is 6.07 Å². The van der Waals surface area contributed by atoms with Crippen LogP contribution in [0.5, 0.6) is 11.6 Å². The summed E-state index contributed by atoms with van der Waals surface area (Å²) in [6.45, 7) is 8.34. The van der Waals surface area contributed by atoms with Crippen LogP contribution in [0.2, 0.25) is 0 Å². The van der Waals surface area contributed by atoms with Gasteiger partial charge >= 0.3 is 6.09 Å². The van der Waals surface area contributed by atoms with Gasteiger partial charge in [0.2, 0.25) is 34.1 Å². The number of halogens is 2. The molecule has 3 aliphatic carbocycles. The Morgan fingerprint density at radius 1 is 1.03 bits per heavy atom. The maximum absolute atomic E-state index is 14.9. The van der Waals surface area contributed by atoms with E-state index in [9.17, 15) is 36.4 Å². The van der Waals surface area contributed by atoms with Crippen molar-refractivity contribution in [2.45, 2.75) is 153 Å². The van der Waals surface area contributed by atoms with Crippen LogP contribution in [0, 0.1) is 23.2 Å². The van der Waals surface area contributed by atoms with Crippen LogP contribution in [0.3, 0.4) is 0 Å². The molecule has 60 heavy (non-hydrogen) atoms. The van der Waals surface area contributed by atoms with Gasteiger partial charge in [-0.05, 0) is 94.1 Å². The lowest BCUT2D eigenvalue weighted by molar-refractivity contribution is -0.143. The number of alkyl carbamates (subject to hydrolysis) is 1. The Balaban J connectivity index is 1.26.